The molecule has 0 aromatic heterocycles. The van der Waals surface area contributed by atoms with E-state index in [9.17, 15) is 9.59 Å². The molecule has 0 saturated heterocycles. The summed E-state index contributed by atoms with van der Waals surface area (Å²) in [5.41, 5.74) is 13.6. The number of hydrogen-bond acceptors (Lipinski definition) is 4. The van der Waals surface area contributed by atoms with Gasteiger partial charge in [-0.3, -0.25) is 9.59 Å². The third-order valence-corrected chi connectivity index (χ3v) is 4.30. The minimum absolute atomic E-state index is 0.159. The third kappa shape index (κ3) is 3.80. The molecule has 2 aromatic carbocycles. The predicted molar refractivity (Wildman–Crippen MR) is 94.1 cm³/mol. The molecule has 0 saturated carbocycles. The van der Waals surface area contributed by atoms with Gasteiger partial charge in [-0.1, -0.05) is 42.5 Å². The zero-order valence-corrected chi connectivity index (χ0v) is 13.8. The summed E-state index contributed by atoms with van der Waals surface area (Å²) >= 11 is 0. The number of carbonyl (C=O) groups is 2. The molecule has 1 heterocycles. The van der Waals surface area contributed by atoms with E-state index < -0.39 is 17.9 Å². The van der Waals surface area contributed by atoms with Crippen LogP contribution in [0.15, 0.2) is 48.5 Å². The van der Waals surface area contributed by atoms with Crippen LogP contribution in [0.25, 0.3) is 0 Å². The van der Waals surface area contributed by atoms with E-state index in [1.807, 2.05) is 36.4 Å². The van der Waals surface area contributed by atoms with Crippen LogP contribution < -0.4 is 21.5 Å². The van der Waals surface area contributed by atoms with Crippen LogP contribution in [0.5, 0.6) is 5.75 Å². The maximum absolute atomic E-state index is 12.7. The molecule has 6 heteroatoms. The monoisotopic (exact) mass is 339 g/mol. The molecule has 2 aromatic rings. The van der Waals surface area contributed by atoms with E-state index in [1.54, 1.807) is 12.1 Å². The summed E-state index contributed by atoms with van der Waals surface area (Å²) in [5.74, 6) is -0.494. The fourth-order valence-electron chi connectivity index (χ4n) is 2.94. The van der Waals surface area contributed by atoms with Crippen molar-refractivity contribution in [1.82, 2.24) is 5.32 Å². The normalized spacial score (nSPS) is 17.1. The number of primary amides is 1. The van der Waals surface area contributed by atoms with Crippen molar-refractivity contribution >= 4 is 11.8 Å². The molecule has 0 unspecified atom stereocenters. The molecule has 0 bridgehead atoms. The van der Waals surface area contributed by atoms with Crippen molar-refractivity contribution in [3.05, 3.63) is 65.2 Å². The second kappa shape index (κ2) is 7.36. The number of rotatable bonds is 5. The lowest BCUT2D eigenvalue weighted by molar-refractivity contribution is -0.119. The van der Waals surface area contributed by atoms with Gasteiger partial charge in [0, 0.05) is 24.4 Å². The van der Waals surface area contributed by atoms with Crippen LogP contribution in [0.4, 0.5) is 0 Å². The molecule has 2 atom stereocenters. The van der Waals surface area contributed by atoms with E-state index in [0.29, 0.717) is 30.8 Å². The van der Waals surface area contributed by atoms with Crippen LogP contribution in [0.2, 0.25) is 0 Å². The number of ether oxygens (including phenoxy) is 1. The van der Waals surface area contributed by atoms with Gasteiger partial charge in [-0.2, -0.15) is 0 Å². The Labute approximate surface area is 146 Å². The summed E-state index contributed by atoms with van der Waals surface area (Å²) in [6.07, 6.45) is 1.04. The highest BCUT2D eigenvalue weighted by molar-refractivity contribution is 6.00. The summed E-state index contributed by atoms with van der Waals surface area (Å²) in [4.78, 5) is 24.5. The average molecular weight is 339 g/mol. The Hall–Kier alpha value is -2.86. The third-order valence-electron chi connectivity index (χ3n) is 4.30. The summed E-state index contributed by atoms with van der Waals surface area (Å²) in [6, 6.07) is 13.7. The zero-order chi connectivity index (χ0) is 17.8. The molecule has 1 aliphatic heterocycles. The first-order chi connectivity index (χ1) is 12.1. The van der Waals surface area contributed by atoms with Gasteiger partial charge in [0.25, 0.3) is 5.91 Å². The standard InChI is InChI=1S/C19H21N3O3/c20-15-9-10-25-17-13(15)7-4-8-14(17)19(24)22-16(18(21)23)11-12-5-2-1-3-6-12/h1-8,15-16H,9-11,20H2,(H2,21,23)(H,22,24)/t15-,16-/m0/s1. The van der Waals surface area contributed by atoms with Crippen LogP contribution in [-0.2, 0) is 11.2 Å². The molecule has 0 spiro atoms. The number of para-hydroxylation sites is 1. The van der Waals surface area contributed by atoms with Crippen molar-refractivity contribution in [2.75, 3.05) is 6.61 Å². The van der Waals surface area contributed by atoms with Crippen LogP contribution in [0.3, 0.4) is 0 Å². The Morgan fingerprint density at radius 2 is 1.92 bits per heavy atom. The van der Waals surface area contributed by atoms with Crippen molar-refractivity contribution in [3.63, 3.8) is 0 Å². The van der Waals surface area contributed by atoms with Gasteiger partial charge in [0.05, 0.1) is 12.2 Å². The Bertz CT molecular complexity index is 777. The molecule has 25 heavy (non-hydrogen) atoms. The maximum atomic E-state index is 12.7. The summed E-state index contributed by atoms with van der Waals surface area (Å²) in [5, 5.41) is 2.71. The topological polar surface area (TPSA) is 107 Å². The molecule has 130 valence electrons. The van der Waals surface area contributed by atoms with Crippen LogP contribution in [0, 0.1) is 0 Å². The fourth-order valence-corrected chi connectivity index (χ4v) is 2.94. The summed E-state index contributed by atoms with van der Waals surface area (Å²) < 4.78 is 5.65. The van der Waals surface area contributed by atoms with Crippen molar-refractivity contribution < 1.29 is 14.3 Å². The molecular weight excluding hydrogens is 318 g/mol. The van der Waals surface area contributed by atoms with E-state index in [0.717, 1.165) is 11.1 Å². The first-order valence-corrected chi connectivity index (χ1v) is 8.21. The highest BCUT2D eigenvalue weighted by Gasteiger charge is 2.26. The number of nitrogens with one attached hydrogen (secondary N) is 1. The lowest BCUT2D eigenvalue weighted by atomic mass is 9.97. The Balaban J connectivity index is 1.81. The Kier molecular flexibility index (Phi) is 5.00. The van der Waals surface area contributed by atoms with Gasteiger partial charge < -0.3 is 21.5 Å². The molecule has 3 rings (SSSR count). The lowest BCUT2D eigenvalue weighted by Crippen LogP contribution is -2.46. The van der Waals surface area contributed by atoms with Gasteiger partial charge in [0.1, 0.15) is 11.8 Å². The van der Waals surface area contributed by atoms with Gasteiger partial charge in [0.15, 0.2) is 0 Å². The van der Waals surface area contributed by atoms with E-state index in [1.165, 1.54) is 0 Å². The van der Waals surface area contributed by atoms with Crippen LogP contribution >= 0.6 is 0 Å². The fraction of sp³-hybridized carbons (Fsp3) is 0.263. The number of fused-ring (bicyclic) bond motifs is 1. The zero-order valence-electron chi connectivity index (χ0n) is 13.8. The molecule has 5 N–H and O–H groups in total. The quantitative estimate of drug-likeness (QED) is 0.763. The molecule has 0 aliphatic carbocycles. The molecule has 6 nitrogen and oxygen atoms in total. The largest absolute Gasteiger partial charge is 0.492 e. The molecule has 0 radical (unpaired) electrons. The summed E-state index contributed by atoms with van der Waals surface area (Å²) in [7, 11) is 0. The highest BCUT2D eigenvalue weighted by atomic mass is 16.5. The number of amides is 2. The summed E-state index contributed by atoms with van der Waals surface area (Å²) in [6.45, 7) is 0.460. The SMILES string of the molecule is NC(=O)[C@H](Cc1ccccc1)NC(=O)c1cccc2c1OCC[C@@H]2N. The Morgan fingerprint density at radius 3 is 2.64 bits per heavy atom. The van der Waals surface area contributed by atoms with Gasteiger partial charge in [-0.05, 0) is 11.6 Å². The second-order valence-corrected chi connectivity index (χ2v) is 6.09. The van der Waals surface area contributed by atoms with Crippen molar-refractivity contribution in [1.29, 1.82) is 0 Å². The first kappa shape index (κ1) is 17.0. The lowest BCUT2D eigenvalue weighted by Gasteiger charge is -2.25. The van der Waals surface area contributed by atoms with Crippen molar-refractivity contribution in [3.8, 4) is 5.75 Å². The van der Waals surface area contributed by atoms with Crippen molar-refractivity contribution in [2.45, 2.75) is 24.9 Å². The molecule has 0 fully saturated rings. The number of benzene rings is 2. The number of carbonyl (C=O) groups excluding carboxylic acids is 2. The van der Waals surface area contributed by atoms with E-state index in [4.69, 9.17) is 16.2 Å². The Morgan fingerprint density at radius 1 is 1.16 bits per heavy atom. The minimum Gasteiger partial charge on any atom is -0.492 e. The van der Waals surface area contributed by atoms with Crippen LogP contribution in [-0.4, -0.2) is 24.5 Å². The van der Waals surface area contributed by atoms with Crippen LogP contribution in [0.1, 0.15) is 33.9 Å². The molecule has 1 aliphatic rings. The first-order valence-electron chi connectivity index (χ1n) is 8.21. The average Bonchev–Trinajstić information content (AvgIpc) is 2.62. The predicted octanol–water partition coefficient (Wildman–Crippen LogP) is 1.30. The van der Waals surface area contributed by atoms with E-state index in [-0.39, 0.29) is 6.04 Å². The maximum Gasteiger partial charge on any atom is 0.255 e. The van der Waals surface area contributed by atoms with E-state index >= 15 is 0 Å². The second-order valence-electron chi connectivity index (χ2n) is 6.09. The van der Waals surface area contributed by atoms with Crippen molar-refractivity contribution in [2.24, 2.45) is 11.5 Å². The van der Waals surface area contributed by atoms with E-state index in [2.05, 4.69) is 5.32 Å². The molecule has 2 amide bonds. The highest BCUT2D eigenvalue weighted by Crippen LogP contribution is 2.33. The smallest absolute Gasteiger partial charge is 0.255 e. The number of nitrogens with two attached hydrogens (primary N) is 2. The van der Waals surface area contributed by atoms with Gasteiger partial charge in [-0.15, -0.1) is 0 Å². The molecular formula is C19H21N3O3. The number of hydrogen-bond donors (Lipinski definition) is 3. The van der Waals surface area contributed by atoms with Gasteiger partial charge >= 0.3 is 0 Å². The van der Waals surface area contributed by atoms with Gasteiger partial charge in [0.2, 0.25) is 5.91 Å². The van der Waals surface area contributed by atoms with Gasteiger partial charge in [-0.25, -0.2) is 0 Å². The minimum atomic E-state index is -0.803.